The van der Waals surface area contributed by atoms with E-state index in [1.807, 2.05) is 6.29 Å². The van der Waals surface area contributed by atoms with Gasteiger partial charge in [-0.1, -0.05) is 19.3 Å². The zero-order valence-electron chi connectivity index (χ0n) is 7.51. The highest BCUT2D eigenvalue weighted by Gasteiger charge is 2.14. The first-order valence-corrected chi connectivity index (χ1v) is 4.62. The molecule has 1 radical (unpaired) electrons. The molecule has 0 aromatic rings. The number of hydrogen-bond donors (Lipinski definition) is 1. The van der Waals surface area contributed by atoms with Crippen molar-refractivity contribution in [2.24, 2.45) is 0 Å². The number of hydroxylamine groups is 1. The van der Waals surface area contributed by atoms with Gasteiger partial charge in [0.25, 0.3) is 0 Å². The van der Waals surface area contributed by atoms with E-state index in [4.69, 9.17) is 4.84 Å². The van der Waals surface area contributed by atoms with Crippen LogP contribution in [-0.4, -0.2) is 18.4 Å². The molecule has 1 saturated carbocycles. The van der Waals surface area contributed by atoms with E-state index < -0.39 is 0 Å². The third kappa shape index (κ3) is 3.32. The molecule has 0 heterocycles. The molecule has 0 aliphatic heterocycles. The first-order chi connectivity index (χ1) is 5.83. The molecule has 0 bridgehead atoms. The lowest BCUT2D eigenvalue weighted by molar-refractivity contribution is -0.0473. The van der Waals surface area contributed by atoms with Gasteiger partial charge < -0.3 is 0 Å². The maximum absolute atomic E-state index is 10.1. The lowest BCUT2D eigenvalue weighted by atomic mass is 9.98. The average Bonchev–Trinajstić information content (AvgIpc) is 2.16. The van der Waals surface area contributed by atoms with Crippen LogP contribution in [0.2, 0.25) is 0 Å². The van der Waals surface area contributed by atoms with Gasteiger partial charge in [0.1, 0.15) is 0 Å². The van der Waals surface area contributed by atoms with Crippen molar-refractivity contribution in [1.29, 1.82) is 0 Å². The molecule has 0 saturated heterocycles. The van der Waals surface area contributed by atoms with E-state index in [-0.39, 0.29) is 6.04 Å². The van der Waals surface area contributed by atoms with Crippen molar-refractivity contribution in [3.05, 3.63) is 0 Å². The fourth-order valence-corrected chi connectivity index (χ4v) is 1.41. The first-order valence-electron chi connectivity index (χ1n) is 4.62. The second kappa shape index (κ2) is 5.27. The van der Waals surface area contributed by atoms with E-state index in [9.17, 15) is 4.79 Å². The average molecular weight is 170 g/mol. The van der Waals surface area contributed by atoms with Gasteiger partial charge >= 0.3 is 0 Å². The van der Waals surface area contributed by atoms with Crippen molar-refractivity contribution in [3.63, 3.8) is 0 Å². The normalized spacial score (nSPS) is 22.1. The predicted octanol–water partition coefficient (Wildman–Crippen LogP) is 1.34. The van der Waals surface area contributed by atoms with E-state index in [1.54, 1.807) is 6.92 Å². The highest BCUT2D eigenvalue weighted by Crippen LogP contribution is 2.19. The largest absolute Gasteiger partial charge is 0.298 e. The van der Waals surface area contributed by atoms with Crippen LogP contribution in [0.5, 0.6) is 0 Å². The summed E-state index contributed by atoms with van der Waals surface area (Å²) in [5, 5.41) is 0. The summed E-state index contributed by atoms with van der Waals surface area (Å²) in [5.41, 5.74) is 2.68. The second-order valence-corrected chi connectivity index (χ2v) is 3.34. The molecular formula is C9H16NO2. The van der Waals surface area contributed by atoms with Crippen molar-refractivity contribution in [2.75, 3.05) is 0 Å². The maximum atomic E-state index is 10.1. The molecular weight excluding hydrogens is 154 g/mol. The summed E-state index contributed by atoms with van der Waals surface area (Å²) in [6.07, 6.45) is 8.14. The van der Waals surface area contributed by atoms with Crippen LogP contribution in [0.1, 0.15) is 39.0 Å². The minimum atomic E-state index is -0.313. The summed E-state index contributed by atoms with van der Waals surface area (Å²) in [7, 11) is 0. The van der Waals surface area contributed by atoms with Crippen LogP contribution in [0, 0.1) is 0 Å². The molecule has 0 amide bonds. The van der Waals surface area contributed by atoms with Gasteiger partial charge in [-0.2, -0.15) is 5.48 Å². The second-order valence-electron chi connectivity index (χ2n) is 3.34. The van der Waals surface area contributed by atoms with E-state index in [0.29, 0.717) is 6.10 Å². The summed E-state index contributed by atoms with van der Waals surface area (Å²) in [6.45, 7) is 1.73. The molecule has 1 N–H and O–H groups in total. The smallest absolute Gasteiger partial charge is 0.219 e. The standard InChI is InChI=1S/C9H16NO2/c1-8(7-11)10-12-9-5-3-2-4-6-9/h8-10H,2-6H2,1H3/t8-/m0/s1. The molecule has 3 nitrogen and oxygen atoms in total. The molecule has 12 heavy (non-hydrogen) atoms. The Morgan fingerprint density at radius 2 is 2.08 bits per heavy atom. The molecule has 0 aromatic heterocycles. The van der Waals surface area contributed by atoms with Gasteiger partial charge in [0, 0.05) is 0 Å². The Kier molecular flexibility index (Phi) is 4.25. The molecule has 1 rings (SSSR count). The lowest BCUT2D eigenvalue weighted by Gasteiger charge is -2.22. The fraction of sp³-hybridized carbons (Fsp3) is 0.889. The minimum Gasteiger partial charge on any atom is -0.298 e. The molecule has 3 heteroatoms. The Balaban J connectivity index is 2.08. The summed E-state index contributed by atoms with van der Waals surface area (Å²) >= 11 is 0. The summed E-state index contributed by atoms with van der Waals surface area (Å²) in [4.78, 5) is 15.4. The van der Waals surface area contributed by atoms with Gasteiger partial charge in [-0.05, 0) is 19.8 Å². The van der Waals surface area contributed by atoms with Gasteiger partial charge in [-0.15, -0.1) is 0 Å². The van der Waals surface area contributed by atoms with Crippen molar-refractivity contribution >= 4 is 6.29 Å². The highest BCUT2D eigenvalue weighted by molar-refractivity contribution is 5.57. The highest BCUT2D eigenvalue weighted by atomic mass is 16.7. The van der Waals surface area contributed by atoms with Gasteiger partial charge in [-0.25, -0.2) is 0 Å². The van der Waals surface area contributed by atoms with E-state index in [1.165, 1.54) is 19.3 Å². The SMILES string of the molecule is C[C@@H]([C]=O)NOC1CCCCC1. The summed E-state index contributed by atoms with van der Waals surface area (Å²) in [6, 6.07) is -0.313. The Bertz CT molecular complexity index is 132. The number of carbonyl (C=O) groups excluding carboxylic acids is 1. The van der Waals surface area contributed by atoms with E-state index in [0.717, 1.165) is 12.8 Å². The van der Waals surface area contributed by atoms with Gasteiger partial charge in [0.2, 0.25) is 6.29 Å². The Morgan fingerprint density at radius 3 is 2.67 bits per heavy atom. The molecule has 1 atom stereocenters. The van der Waals surface area contributed by atoms with Crippen LogP contribution in [-0.2, 0) is 9.63 Å². The van der Waals surface area contributed by atoms with Crippen LogP contribution in [0.15, 0.2) is 0 Å². The molecule has 0 spiro atoms. The number of nitrogens with one attached hydrogen (secondary N) is 1. The minimum absolute atomic E-state index is 0.301. The first kappa shape index (κ1) is 9.68. The molecule has 1 aliphatic rings. The number of rotatable bonds is 4. The Labute approximate surface area is 73.4 Å². The topological polar surface area (TPSA) is 38.3 Å². The molecule has 69 valence electrons. The van der Waals surface area contributed by atoms with Crippen LogP contribution in [0.25, 0.3) is 0 Å². The van der Waals surface area contributed by atoms with Crippen molar-refractivity contribution in [3.8, 4) is 0 Å². The van der Waals surface area contributed by atoms with E-state index in [2.05, 4.69) is 5.48 Å². The molecule has 0 aromatic carbocycles. The molecule has 1 fully saturated rings. The third-order valence-electron chi connectivity index (χ3n) is 2.14. The fourth-order valence-electron chi connectivity index (χ4n) is 1.41. The molecule has 1 aliphatic carbocycles. The Morgan fingerprint density at radius 1 is 1.42 bits per heavy atom. The van der Waals surface area contributed by atoms with Crippen molar-refractivity contribution in [1.82, 2.24) is 5.48 Å². The van der Waals surface area contributed by atoms with Gasteiger partial charge in [-0.3, -0.25) is 9.63 Å². The van der Waals surface area contributed by atoms with Crippen LogP contribution in [0.4, 0.5) is 0 Å². The van der Waals surface area contributed by atoms with Gasteiger partial charge in [0.05, 0.1) is 12.1 Å². The Hall–Kier alpha value is -0.410. The van der Waals surface area contributed by atoms with Crippen LogP contribution < -0.4 is 5.48 Å². The van der Waals surface area contributed by atoms with Crippen LogP contribution in [0.3, 0.4) is 0 Å². The zero-order chi connectivity index (χ0) is 8.81. The number of hydrogen-bond acceptors (Lipinski definition) is 3. The summed E-state index contributed by atoms with van der Waals surface area (Å²) < 4.78 is 0. The maximum Gasteiger partial charge on any atom is 0.219 e. The monoisotopic (exact) mass is 170 g/mol. The quantitative estimate of drug-likeness (QED) is 0.647. The van der Waals surface area contributed by atoms with E-state index >= 15 is 0 Å². The summed E-state index contributed by atoms with van der Waals surface area (Å²) in [5.74, 6) is 0. The van der Waals surface area contributed by atoms with Gasteiger partial charge in [0.15, 0.2) is 0 Å². The lowest BCUT2D eigenvalue weighted by Crippen LogP contribution is -2.33. The van der Waals surface area contributed by atoms with Crippen molar-refractivity contribution < 1.29 is 9.63 Å². The van der Waals surface area contributed by atoms with Crippen molar-refractivity contribution in [2.45, 2.75) is 51.2 Å². The van der Waals surface area contributed by atoms with Crippen LogP contribution >= 0.6 is 0 Å². The third-order valence-corrected chi connectivity index (χ3v) is 2.14. The predicted molar refractivity (Wildman–Crippen MR) is 46.2 cm³/mol. The molecule has 0 unspecified atom stereocenters. The zero-order valence-corrected chi connectivity index (χ0v) is 7.51.